The Kier molecular flexibility index (Phi) is 6.54. The van der Waals surface area contributed by atoms with Crippen LogP contribution in [0, 0.1) is 11.7 Å². The molecular weight excluding hydrogens is 393 g/mol. The average molecular weight is 420 g/mol. The summed E-state index contributed by atoms with van der Waals surface area (Å²) in [5.41, 5.74) is 2.09. The summed E-state index contributed by atoms with van der Waals surface area (Å²) in [6.07, 6.45) is 0.832. The van der Waals surface area contributed by atoms with Gasteiger partial charge in [0.2, 0.25) is 15.9 Å². The van der Waals surface area contributed by atoms with E-state index in [0.29, 0.717) is 19.4 Å². The van der Waals surface area contributed by atoms with Crippen LogP contribution in [0.4, 0.5) is 10.1 Å². The molecule has 1 saturated heterocycles. The Morgan fingerprint density at radius 1 is 1.10 bits per heavy atom. The summed E-state index contributed by atoms with van der Waals surface area (Å²) in [6.45, 7) is 0.832. The van der Waals surface area contributed by atoms with E-state index in [4.69, 9.17) is 0 Å². The normalized spacial score (nSPS) is 15.8. The predicted molar refractivity (Wildman–Crippen MR) is 110 cm³/mol. The van der Waals surface area contributed by atoms with E-state index in [9.17, 15) is 17.6 Å². The Morgan fingerprint density at radius 2 is 1.72 bits per heavy atom. The first-order valence-corrected chi connectivity index (χ1v) is 11.0. The van der Waals surface area contributed by atoms with E-state index in [1.165, 1.54) is 22.5 Å². The van der Waals surface area contributed by atoms with E-state index < -0.39 is 15.8 Å². The van der Waals surface area contributed by atoms with E-state index >= 15 is 0 Å². The number of hydrogen-bond donors (Lipinski definition) is 1. The summed E-state index contributed by atoms with van der Waals surface area (Å²) >= 11 is 0. The maximum absolute atomic E-state index is 13.9. The first-order chi connectivity index (χ1) is 13.8. The zero-order valence-electron chi connectivity index (χ0n) is 16.6. The maximum atomic E-state index is 13.9. The SMILES string of the molecule is CN(C)c1ccc(CNC(=O)C2CCN(S(=O)(=O)c3ccccc3F)CC2)cc1. The molecule has 8 heteroatoms. The van der Waals surface area contributed by atoms with Gasteiger partial charge in [0.05, 0.1) is 0 Å². The summed E-state index contributed by atoms with van der Waals surface area (Å²) in [5, 5.41) is 2.93. The third-order valence-corrected chi connectivity index (χ3v) is 7.13. The van der Waals surface area contributed by atoms with Crippen LogP contribution in [-0.4, -0.2) is 45.8 Å². The van der Waals surface area contributed by atoms with Crippen molar-refractivity contribution >= 4 is 21.6 Å². The first-order valence-electron chi connectivity index (χ1n) is 9.57. The lowest BCUT2D eigenvalue weighted by atomic mass is 9.97. The number of anilines is 1. The Hall–Kier alpha value is -2.45. The number of sulfonamides is 1. The molecule has 2 aromatic rings. The fourth-order valence-electron chi connectivity index (χ4n) is 3.40. The van der Waals surface area contributed by atoms with Crippen molar-refractivity contribution in [1.82, 2.24) is 9.62 Å². The molecule has 2 aromatic carbocycles. The van der Waals surface area contributed by atoms with Gasteiger partial charge in [-0.1, -0.05) is 24.3 Å². The number of rotatable bonds is 6. The fraction of sp³-hybridized carbons (Fsp3) is 0.381. The highest BCUT2D eigenvalue weighted by Gasteiger charge is 2.33. The van der Waals surface area contributed by atoms with Crippen molar-refractivity contribution in [2.75, 3.05) is 32.1 Å². The van der Waals surface area contributed by atoms with Crippen LogP contribution in [0.25, 0.3) is 0 Å². The summed E-state index contributed by atoms with van der Waals surface area (Å²) in [5.74, 6) is -1.08. The van der Waals surface area contributed by atoms with Gasteiger partial charge < -0.3 is 10.2 Å². The van der Waals surface area contributed by atoms with Crippen LogP contribution in [-0.2, 0) is 21.4 Å². The van der Waals surface area contributed by atoms with E-state index in [-0.39, 0.29) is 29.8 Å². The maximum Gasteiger partial charge on any atom is 0.245 e. The lowest BCUT2D eigenvalue weighted by Crippen LogP contribution is -2.43. The number of nitrogens with zero attached hydrogens (tertiary/aromatic N) is 2. The molecule has 156 valence electrons. The monoisotopic (exact) mass is 419 g/mol. The molecule has 0 radical (unpaired) electrons. The largest absolute Gasteiger partial charge is 0.378 e. The summed E-state index contributed by atoms with van der Waals surface area (Å²) < 4.78 is 40.5. The molecule has 29 heavy (non-hydrogen) atoms. The topological polar surface area (TPSA) is 69.7 Å². The van der Waals surface area contributed by atoms with Gasteiger partial charge in [0, 0.05) is 45.3 Å². The number of nitrogens with one attached hydrogen (secondary N) is 1. The minimum atomic E-state index is -3.89. The molecule has 1 N–H and O–H groups in total. The van der Waals surface area contributed by atoms with Crippen LogP contribution in [0.3, 0.4) is 0 Å². The smallest absolute Gasteiger partial charge is 0.245 e. The average Bonchev–Trinajstić information content (AvgIpc) is 2.72. The molecule has 0 atom stereocenters. The molecule has 1 amide bonds. The Morgan fingerprint density at radius 3 is 2.31 bits per heavy atom. The van der Waals surface area contributed by atoms with Crippen molar-refractivity contribution < 1.29 is 17.6 Å². The number of piperidine rings is 1. The van der Waals surface area contributed by atoms with E-state index in [1.54, 1.807) is 0 Å². The van der Waals surface area contributed by atoms with Crippen molar-refractivity contribution in [3.8, 4) is 0 Å². The highest BCUT2D eigenvalue weighted by Crippen LogP contribution is 2.25. The van der Waals surface area contributed by atoms with Crippen LogP contribution < -0.4 is 10.2 Å². The fourth-order valence-corrected chi connectivity index (χ4v) is 4.93. The van der Waals surface area contributed by atoms with Crippen molar-refractivity contribution in [3.05, 3.63) is 59.9 Å². The molecule has 0 unspecified atom stereocenters. The van der Waals surface area contributed by atoms with Crippen LogP contribution in [0.2, 0.25) is 0 Å². The molecular formula is C21H26FN3O3S. The molecule has 6 nitrogen and oxygen atoms in total. The highest BCUT2D eigenvalue weighted by atomic mass is 32.2. The van der Waals surface area contributed by atoms with Crippen molar-refractivity contribution in [2.45, 2.75) is 24.3 Å². The van der Waals surface area contributed by atoms with Gasteiger partial charge in [-0.25, -0.2) is 12.8 Å². The van der Waals surface area contributed by atoms with Crippen molar-refractivity contribution in [2.24, 2.45) is 5.92 Å². The van der Waals surface area contributed by atoms with Crippen LogP contribution in [0.5, 0.6) is 0 Å². The molecule has 0 aromatic heterocycles. The first kappa shape index (κ1) is 21.3. The summed E-state index contributed by atoms with van der Waals surface area (Å²) in [4.78, 5) is 14.2. The molecule has 0 saturated carbocycles. The van der Waals surface area contributed by atoms with Crippen molar-refractivity contribution in [1.29, 1.82) is 0 Å². The lowest BCUT2D eigenvalue weighted by molar-refractivity contribution is -0.126. The molecule has 1 heterocycles. The Balaban J connectivity index is 1.53. The van der Waals surface area contributed by atoms with E-state index in [0.717, 1.165) is 17.3 Å². The van der Waals surface area contributed by atoms with Gasteiger partial charge in [0.25, 0.3) is 0 Å². The summed E-state index contributed by atoms with van der Waals surface area (Å²) in [6, 6.07) is 13.3. The second-order valence-corrected chi connectivity index (χ2v) is 9.29. The zero-order valence-corrected chi connectivity index (χ0v) is 17.5. The number of carbonyl (C=O) groups excluding carboxylic acids is 1. The van der Waals surface area contributed by atoms with Gasteiger partial charge in [-0.15, -0.1) is 0 Å². The quantitative estimate of drug-likeness (QED) is 0.782. The van der Waals surface area contributed by atoms with Gasteiger partial charge in [-0.05, 0) is 42.7 Å². The summed E-state index contributed by atoms with van der Waals surface area (Å²) in [7, 11) is 0.0499. The second-order valence-electron chi connectivity index (χ2n) is 7.39. The Labute approximate surface area is 171 Å². The third-order valence-electron chi connectivity index (χ3n) is 5.20. The number of carbonyl (C=O) groups is 1. The van der Waals surface area contributed by atoms with Gasteiger partial charge >= 0.3 is 0 Å². The van der Waals surface area contributed by atoms with Gasteiger partial charge in [0.15, 0.2) is 0 Å². The minimum absolute atomic E-state index is 0.0791. The molecule has 0 bridgehead atoms. The molecule has 3 rings (SSSR count). The number of hydrogen-bond acceptors (Lipinski definition) is 4. The lowest BCUT2D eigenvalue weighted by Gasteiger charge is -2.30. The third kappa shape index (κ3) is 4.94. The minimum Gasteiger partial charge on any atom is -0.378 e. The van der Waals surface area contributed by atoms with Crippen molar-refractivity contribution in [3.63, 3.8) is 0 Å². The number of halogens is 1. The van der Waals surface area contributed by atoms with Gasteiger partial charge in [0.1, 0.15) is 10.7 Å². The van der Waals surface area contributed by atoms with Crippen LogP contribution >= 0.6 is 0 Å². The van der Waals surface area contributed by atoms with E-state index in [1.807, 2.05) is 43.3 Å². The number of amides is 1. The van der Waals surface area contributed by atoms with Crippen LogP contribution in [0.1, 0.15) is 18.4 Å². The van der Waals surface area contributed by atoms with E-state index in [2.05, 4.69) is 5.32 Å². The molecule has 0 aliphatic carbocycles. The Bertz CT molecular complexity index is 953. The standard InChI is InChI=1S/C21H26FN3O3S/c1-24(2)18-9-7-16(8-10-18)15-23-21(26)17-11-13-25(14-12-17)29(27,28)20-6-4-3-5-19(20)22/h3-10,17H,11-15H2,1-2H3,(H,23,26). The second kappa shape index (κ2) is 8.92. The predicted octanol–water partition coefficient (Wildman–Crippen LogP) is 2.61. The molecule has 0 spiro atoms. The highest BCUT2D eigenvalue weighted by molar-refractivity contribution is 7.89. The van der Waals surface area contributed by atoms with Gasteiger partial charge in [-0.2, -0.15) is 4.31 Å². The number of benzene rings is 2. The molecule has 1 aliphatic heterocycles. The molecule has 1 fully saturated rings. The molecule has 1 aliphatic rings. The zero-order chi connectivity index (χ0) is 21.0. The van der Waals surface area contributed by atoms with Gasteiger partial charge in [-0.3, -0.25) is 4.79 Å². The van der Waals surface area contributed by atoms with Crippen LogP contribution in [0.15, 0.2) is 53.4 Å².